The lowest BCUT2D eigenvalue weighted by Gasteiger charge is -2.21. The van der Waals surface area contributed by atoms with Crippen molar-refractivity contribution in [1.29, 1.82) is 0 Å². The molecule has 0 aliphatic heterocycles. The minimum Gasteiger partial charge on any atom is -0.481 e. The highest BCUT2D eigenvalue weighted by atomic mass is 16.4. The zero-order valence-electron chi connectivity index (χ0n) is 10.2. The number of carboxylic acids is 1. The number of hydrogen-bond donors (Lipinski definition) is 1. The van der Waals surface area contributed by atoms with Crippen LogP contribution in [0.3, 0.4) is 0 Å². The number of aliphatic carboxylic acids is 1. The highest BCUT2D eigenvalue weighted by Crippen LogP contribution is 2.29. The number of nitrogens with zero attached hydrogens (tertiary/aromatic N) is 1. The molecule has 5 nitrogen and oxygen atoms in total. The summed E-state index contributed by atoms with van der Waals surface area (Å²) in [5.41, 5.74) is 0. The summed E-state index contributed by atoms with van der Waals surface area (Å²) in [5.74, 6) is -0.0598. The van der Waals surface area contributed by atoms with Crippen LogP contribution in [0.5, 0.6) is 0 Å². The molecule has 1 aliphatic carbocycles. The van der Waals surface area contributed by atoms with Crippen molar-refractivity contribution in [3.05, 3.63) is 24.2 Å². The molecule has 1 N–H and O–H groups in total. The van der Waals surface area contributed by atoms with Crippen molar-refractivity contribution in [2.24, 2.45) is 0 Å². The van der Waals surface area contributed by atoms with Crippen LogP contribution in [0.4, 0.5) is 0 Å². The SMILES string of the molecule is O=C(O)CCCC(=O)N(Cc1ccco1)C1CC1. The first kappa shape index (κ1) is 12.7. The highest BCUT2D eigenvalue weighted by molar-refractivity contribution is 5.77. The summed E-state index contributed by atoms with van der Waals surface area (Å²) in [6, 6.07) is 3.96. The van der Waals surface area contributed by atoms with E-state index in [0.717, 1.165) is 18.6 Å². The molecule has 1 fully saturated rings. The fourth-order valence-electron chi connectivity index (χ4n) is 1.91. The topological polar surface area (TPSA) is 70.8 Å². The Labute approximate surface area is 105 Å². The minimum atomic E-state index is -0.855. The van der Waals surface area contributed by atoms with E-state index in [4.69, 9.17) is 9.52 Å². The fraction of sp³-hybridized carbons (Fsp3) is 0.538. The Bertz CT molecular complexity index is 409. The molecule has 1 aromatic heterocycles. The van der Waals surface area contributed by atoms with Gasteiger partial charge < -0.3 is 14.4 Å². The second-order valence-electron chi connectivity index (χ2n) is 4.58. The third-order valence-corrected chi connectivity index (χ3v) is 3.00. The van der Waals surface area contributed by atoms with Crippen LogP contribution in [0.15, 0.2) is 22.8 Å². The lowest BCUT2D eigenvalue weighted by atomic mass is 10.2. The Morgan fingerprint density at radius 1 is 1.39 bits per heavy atom. The molecule has 1 saturated carbocycles. The van der Waals surface area contributed by atoms with Gasteiger partial charge in [0.15, 0.2) is 0 Å². The number of furan rings is 1. The maximum absolute atomic E-state index is 12.0. The molecule has 0 saturated heterocycles. The molecule has 2 rings (SSSR count). The molecule has 0 radical (unpaired) electrons. The van der Waals surface area contributed by atoms with Crippen LogP contribution in [-0.2, 0) is 16.1 Å². The molecule has 0 aromatic carbocycles. The number of hydrogen-bond acceptors (Lipinski definition) is 3. The van der Waals surface area contributed by atoms with Crippen LogP contribution >= 0.6 is 0 Å². The number of carbonyl (C=O) groups is 2. The number of rotatable bonds is 7. The maximum atomic E-state index is 12.0. The first-order chi connectivity index (χ1) is 8.66. The van der Waals surface area contributed by atoms with Gasteiger partial charge in [-0.25, -0.2) is 0 Å². The zero-order chi connectivity index (χ0) is 13.0. The summed E-state index contributed by atoms with van der Waals surface area (Å²) in [7, 11) is 0. The fourth-order valence-corrected chi connectivity index (χ4v) is 1.91. The van der Waals surface area contributed by atoms with Gasteiger partial charge in [-0.3, -0.25) is 9.59 Å². The molecule has 1 heterocycles. The van der Waals surface area contributed by atoms with E-state index in [2.05, 4.69) is 0 Å². The molecular formula is C13H17NO4. The van der Waals surface area contributed by atoms with Crippen LogP contribution < -0.4 is 0 Å². The summed E-state index contributed by atoms with van der Waals surface area (Å²) < 4.78 is 5.25. The van der Waals surface area contributed by atoms with Crippen LogP contribution in [0.2, 0.25) is 0 Å². The standard InChI is InChI=1S/C13H17NO4/c15-12(4-1-5-13(16)17)14(10-6-7-10)9-11-3-2-8-18-11/h2-3,8,10H,1,4-7,9H2,(H,16,17). The number of amides is 1. The van der Waals surface area contributed by atoms with Gasteiger partial charge in [0.25, 0.3) is 0 Å². The Balaban J connectivity index is 1.85. The van der Waals surface area contributed by atoms with Gasteiger partial charge in [0.2, 0.25) is 5.91 Å². The molecule has 1 amide bonds. The minimum absolute atomic E-state index is 0.0233. The molecule has 18 heavy (non-hydrogen) atoms. The van der Waals surface area contributed by atoms with Gasteiger partial charge >= 0.3 is 5.97 Å². The summed E-state index contributed by atoms with van der Waals surface area (Å²) in [6.07, 6.45) is 4.40. The number of carboxylic acid groups (broad SMARTS) is 1. The van der Waals surface area contributed by atoms with Crippen LogP contribution in [0.1, 0.15) is 37.9 Å². The average Bonchev–Trinajstić information content (AvgIpc) is 3.02. The van der Waals surface area contributed by atoms with Crippen molar-refractivity contribution in [3.8, 4) is 0 Å². The van der Waals surface area contributed by atoms with E-state index in [1.54, 1.807) is 17.2 Å². The summed E-state index contributed by atoms with van der Waals surface area (Å²) in [4.78, 5) is 24.2. The molecule has 0 bridgehead atoms. The summed E-state index contributed by atoms with van der Waals surface area (Å²) >= 11 is 0. The maximum Gasteiger partial charge on any atom is 0.303 e. The van der Waals surface area contributed by atoms with Crippen molar-refractivity contribution in [1.82, 2.24) is 4.90 Å². The van der Waals surface area contributed by atoms with Crippen molar-refractivity contribution in [3.63, 3.8) is 0 Å². The van der Waals surface area contributed by atoms with E-state index in [1.807, 2.05) is 6.07 Å². The summed E-state index contributed by atoms with van der Waals surface area (Å²) in [6.45, 7) is 0.490. The molecule has 0 spiro atoms. The first-order valence-electron chi connectivity index (χ1n) is 6.20. The third kappa shape index (κ3) is 3.61. The van der Waals surface area contributed by atoms with Crippen LogP contribution in [0.25, 0.3) is 0 Å². The van der Waals surface area contributed by atoms with Gasteiger partial charge in [-0.1, -0.05) is 0 Å². The largest absolute Gasteiger partial charge is 0.481 e. The van der Waals surface area contributed by atoms with Gasteiger partial charge in [0.05, 0.1) is 12.8 Å². The van der Waals surface area contributed by atoms with E-state index in [0.29, 0.717) is 25.4 Å². The van der Waals surface area contributed by atoms with E-state index in [1.165, 1.54) is 0 Å². The Morgan fingerprint density at radius 2 is 2.17 bits per heavy atom. The predicted molar refractivity (Wildman–Crippen MR) is 63.8 cm³/mol. The highest BCUT2D eigenvalue weighted by Gasteiger charge is 2.32. The Kier molecular flexibility index (Phi) is 4.02. The van der Waals surface area contributed by atoms with E-state index in [-0.39, 0.29) is 12.3 Å². The normalized spacial score (nSPS) is 14.4. The van der Waals surface area contributed by atoms with Gasteiger partial charge in [-0.2, -0.15) is 0 Å². The predicted octanol–water partition coefficient (Wildman–Crippen LogP) is 2.03. The first-order valence-corrected chi connectivity index (χ1v) is 6.20. The van der Waals surface area contributed by atoms with Gasteiger partial charge in [0.1, 0.15) is 5.76 Å². The van der Waals surface area contributed by atoms with Crippen molar-refractivity contribution in [2.75, 3.05) is 0 Å². The Hall–Kier alpha value is -1.78. The van der Waals surface area contributed by atoms with Crippen molar-refractivity contribution in [2.45, 2.75) is 44.7 Å². The lowest BCUT2D eigenvalue weighted by Crippen LogP contribution is -2.32. The van der Waals surface area contributed by atoms with Crippen LogP contribution in [-0.4, -0.2) is 27.9 Å². The summed E-state index contributed by atoms with van der Waals surface area (Å²) in [5, 5.41) is 8.55. The lowest BCUT2D eigenvalue weighted by molar-refractivity contribution is -0.137. The molecule has 1 aromatic rings. The average molecular weight is 251 g/mol. The van der Waals surface area contributed by atoms with E-state index < -0.39 is 5.97 Å². The van der Waals surface area contributed by atoms with E-state index >= 15 is 0 Å². The zero-order valence-corrected chi connectivity index (χ0v) is 10.2. The molecule has 5 heteroatoms. The second-order valence-corrected chi connectivity index (χ2v) is 4.58. The van der Waals surface area contributed by atoms with Crippen molar-refractivity contribution < 1.29 is 19.1 Å². The smallest absolute Gasteiger partial charge is 0.303 e. The third-order valence-electron chi connectivity index (χ3n) is 3.00. The molecule has 1 aliphatic rings. The van der Waals surface area contributed by atoms with Crippen molar-refractivity contribution >= 4 is 11.9 Å². The van der Waals surface area contributed by atoms with E-state index in [9.17, 15) is 9.59 Å². The molecule has 98 valence electrons. The van der Waals surface area contributed by atoms with Gasteiger partial charge in [0, 0.05) is 18.9 Å². The van der Waals surface area contributed by atoms with Gasteiger partial charge in [-0.05, 0) is 31.4 Å². The van der Waals surface area contributed by atoms with Crippen LogP contribution in [0, 0.1) is 0 Å². The monoisotopic (exact) mass is 251 g/mol. The second kappa shape index (κ2) is 5.71. The molecular weight excluding hydrogens is 234 g/mol. The molecule has 0 atom stereocenters. The number of carbonyl (C=O) groups excluding carboxylic acids is 1. The molecule has 0 unspecified atom stereocenters. The quantitative estimate of drug-likeness (QED) is 0.804. The Morgan fingerprint density at radius 3 is 2.72 bits per heavy atom. The van der Waals surface area contributed by atoms with Gasteiger partial charge in [-0.15, -0.1) is 0 Å².